The van der Waals surface area contributed by atoms with E-state index in [2.05, 4.69) is 15.2 Å². The molecule has 2 aromatic carbocycles. The fraction of sp³-hybridized carbons (Fsp3) is 0.424. The highest BCUT2D eigenvalue weighted by atomic mass is 19.4. The van der Waals surface area contributed by atoms with Crippen molar-refractivity contribution < 1.29 is 27.5 Å². The van der Waals surface area contributed by atoms with E-state index in [0.29, 0.717) is 24.7 Å². The van der Waals surface area contributed by atoms with Gasteiger partial charge in [0.05, 0.1) is 23.3 Å². The minimum absolute atomic E-state index is 0.0547. The van der Waals surface area contributed by atoms with Gasteiger partial charge in [-0.2, -0.15) is 13.2 Å². The average molecular weight is 606 g/mol. The van der Waals surface area contributed by atoms with Crippen LogP contribution in [0.3, 0.4) is 0 Å². The van der Waals surface area contributed by atoms with Crippen molar-refractivity contribution in [2.24, 2.45) is 28.9 Å². The summed E-state index contributed by atoms with van der Waals surface area (Å²) in [6, 6.07) is 18.7. The lowest BCUT2D eigenvalue weighted by Gasteiger charge is -2.59. The van der Waals surface area contributed by atoms with Gasteiger partial charge < -0.3 is 20.7 Å². The maximum Gasteiger partial charge on any atom is 0.422 e. The van der Waals surface area contributed by atoms with Crippen LogP contribution in [0.15, 0.2) is 66.9 Å². The number of alkyl halides is 3. The number of hydrogen-bond acceptors (Lipinski definition) is 5. The first kappa shape index (κ1) is 28.5. The van der Waals surface area contributed by atoms with Crippen LogP contribution in [0, 0.1) is 23.2 Å². The number of carbonyl (C=O) groups excluding carboxylic acids is 2. The lowest BCUT2D eigenvalue weighted by atomic mass is 9.47. The van der Waals surface area contributed by atoms with Crippen molar-refractivity contribution in [3.63, 3.8) is 0 Å². The van der Waals surface area contributed by atoms with Crippen molar-refractivity contribution in [1.29, 1.82) is 0 Å². The summed E-state index contributed by atoms with van der Waals surface area (Å²) in [4.78, 5) is 34.4. The van der Waals surface area contributed by atoms with Gasteiger partial charge in [0.25, 0.3) is 0 Å². The Kier molecular flexibility index (Phi) is 6.93. The number of nitrogens with two attached hydrogens (primary N) is 1. The van der Waals surface area contributed by atoms with Crippen LogP contribution in [0.5, 0.6) is 5.75 Å². The molecular weight excluding hydrogens is 571 g/mol. The Hall–Kier alpha value is -4.28. The number of ether oxygens (including phenoxy) is 1. The Labute approximate surface area is 253 Å². The van der Waals surface area contributed by atoms with Crippen LogP contribution in [0.1, 0.15) is 32.1 Å². The molecule has 0 radical (unpaired) electrons. The number of halogens is 3. The molecule has 8 nitrogen and oxygen atoms in total. The highest BCUT2D eigenvalue weighted by Gasteiger charge is 2.58. The van der Waals surface area contributed by atoms with Crippen LogP contribution in [-0.4, -0.2) is 48.8 Å². The van der Waals surface area contributed by atoms with Crippen LogP contribution in [0.25, 0.3) is 11.3 Å². The highest BCUT2D eigenvalue weighted by Crippen LogP contribution is 2.60. The van der Waals surface area contributed by atoms with Crippen molar-refractivity contribution >= 4 is 29.0 Å². The molecular formula is C33H34F3N5O3. The second-order valence-corrected chi connectivity index (χ2v) is 12.7. The molecule has 5 aliphatic rings. The molecule has 4 saturated carbocycles. The first-order valence-electron chi connectivity index (χ1n) is 15.1. The zero-order chi connectivity index (χ0) is 30.6. The molecule has 8 rings (SSSR count). The molecule has 44 heavy (non-hydrogen) atoms. The summed E-state index contributed by atoms with van der Waals surface area (Å²) in [5.74, 6) is 0.968. The van der Waals surface area contributed by atoms with E-state index in [1.807, 2.05) is 53.4 Å². The molecule has 4 aliphatic carbocycles. The van der Waals surface area contributed by atoms with E-state index in [4.69, 9.17) is 10.5 Å². The van der Waals surface area contributed by atoms with Crippen molar-refractivity contribution in [1.82, 2.24) is 10.3 Å². The first-order chi connectivity index (χ1) is 21.1. The van der Waals surface area contributed by atoms with Crippen molar-refractivity contribution in [3.8, 4) is 17.0 Å². The van der Waals surface area contributed by atoms with Gasteiger partial charge in [0.1, 0.15) is 5.75 Å². The summed E-state index contributed by atoms with van der Waals surface area (Å²) < 4.78 is 42.0. The second kappa shape index (κ2) is 10.7. The van der Waals surface area contributed by atoms with Gasteiger partial charge in [-0.25, -0.2) is 4.79 Å². The van der Waals surface area contributed by atoms with Crippen molar-refractivity contribution in [2.45, 2.75) is 44.3 Å². The Balaban J connectivity index is 1.04. The summed E-state index contributed by atoms with van der Waals surface area (Å²) in [5.41, 5.74) is 9.59. The van der Waals surface area contributed by atoms with Gasteiger partial charge in [0.15, 0.2) is 6.61 Å². The third-order valence-electron chi connectivity index (χ3n) is 9.96. The number of carbonyl (C=O) groups is 2. The van der Waals surface area contributed by atoms with Gasteiger partial charge in [-0.15, -0.1) is 0 Å². The second-order valence-electron chi connectivity index (χ2n) is 12.7. The quantitative estimate of drug-likeness (QED) is 0.357. The van der Waals surface area contributed by atoms with Gasteiger partial charge in [-0.05, 0) is 86.3 Å². The molecule has 1 aromatic heterocycles. The molecule has 2 heterocycles. The molecule has 230 valence electrons. The number of pyridine rings is 1. The fourth-order valence-electron chi connectivity index (χ4n) is 8.24. The molecule has 5 atom stereocenters. The van der Waals surface area contributed by atoms with E-state index >= 15 is 0 Å². The Morgan fingerprint density at radius 2 is 1.66 bits per heavy atom. The van der Waals surface area contributed by atoms with E-state index < -0.39 is 18.2 Å². The molecule has 3 amide bonds. The number of rotatable bonds is 6. The molecule has 3 aromatic rings. The number of fused-ring (bicyclic) bond motifs is 1. The number of hydrogen-bond donors (Lipinski definition) is 2. The predicted octanol–water partition coefficient (Wildman–Crippen LogP) is 6.04. The molecule has 4 bridgehead atoms. The molecule has 1 aliphatic heterocycles. The van der Waals surface area contributed by atoms with E-state index in [1.165, 1.54) is 12.3 Å². The van der Waals surface area contributed by atoms with E-state index in [9.17, 15) is 22.8 Å². The minimum atomic E-state index is -4.41. The van der Waals surface area contributed by atoms with Crippen molar-refractivity contribution in [3.05, 3.63) is 66.9 Å². The molecule has 3 unspecified atom stereocenters. The zero-order valence-corrected chi connectivity index (χ0v) is 24.1. The highest BCUT2D eigenvalue weighted by molar-refractivity contribution is 5.98. The van der Waals surface area contributed by atoms with Gasteiger partial charge in [0, 0.05) is 35.8 Å². The number of anilines is 3. The Morgan fingerprint density at radius 1 is 0.955 bits per heavy atom. The number of nitrogens with zero attached hydrogens (tertiary/aromatic N) is 3. The summed E-state index contributed by atoms with van der Waals surface area (Å²) in [7, 11) is 0. The zero-order valence-electron chi connectivity index (χ0n) is 24.1. The Bertz CT molecular complexity index is 1550. The van der Waals surface area contributed by atoms with Gasteiger partial charge in [0.2, 0.25) is 5.91 Å². The number of benzene rings is 2. The lowest BCUT2D eigenvalue weighted by molar-refractivity contribution is -0.153. The normalized spacial score (nSPS) is 27.2. The fourth-order valence-corrected chi connectivity index (χ4v) is 8.24. The molecule has 11 heteroatoms. The summed E-state index contributed by atoms with van der Waals surface area (Å²) in [6.07, 6.45) is 1.40. The summed E-state index contributed by atoms with van der Waals surface area (Å²) in [6.45, 7) is -0.266. The number of aromatic nitrogens is 1. The number of amides is 3. The third-order valence-corrected chi connectivity index (χ3v) is 9.96. The standard InChI is InChI=1S/C33H34F3N5O3/c34-33(35,36)19-44-25-9-10-26(38-18-25)21-5-7-24(8-6-21)40-11-12-41(28-4-2-1-3-27(28)40)31(43)39-29-22-13-20-14-23(29)17-32(15-20,16-22)30(37)42/h1-10,18,20,22-23,29H,11-17,19H2,(H2,37,42)(H,39,43)/t20?,22-,23+,29?,32?. The lowest BCUT2D eigenvalue weighted by Crippen LogP contribution is -2.63. The number of nitrogens with one attached hydrogen (secondary N) is 1. The predicted molar refractivity (Wildman–Crippen MR) is 160 cm³/mol. The molecule has 4 fully saturated rings. The summed E-state index contributed by atoms with van der Waals surface area (Å²) in [5, 5.41) is 3.37. The van der Waals surface area contributed by atoms with E-state index in [1.54, 1.807) is 6.07 Å². The van der Waals surface area contributed by atoms with E-state index in [-0.39, 0.29) is 35.6 Å². The topological polar surface area (TPSA) is 101 Å². The van der Waals surface area contributed by atoms with Gasteiger partial charge in [-0.3, -0.25) is 14.7 Å². The molecule has 0 saturated heterocycles. The van der Waals surface area contributed by atoms with Crippen LogP contribution in [0.2, 0.25) is 0 Å². The minimum Gasteiger partial charge on any atom is -0.483 e. The summed E-state index contributed by atoms with van der Waals surface area (Å²) >= 11 is 0. The number of primary amides is 1. The largest absolute Gasteiger partial charge is 0.483 e. The SMILES string of the molecule is NC(=O)C12CC3C[C@H](C1)C(NC(=O)N1CCN(c4ccc(-c5ccc(OCC(F)(F)F)cn5)cc4)c4ccccc41)[C@@H](C3)C2. The van der Waals surface area contributed by atoms with Crippen LogP contribution < -0.4 is 25.6 Å². The first-order valence-corrected chi connectivity index (χ1v) is 15.1. The maximum absolute atomic E-state index is 13.8. The molecule has 0 spiro atoms. The molecule has 3 N–H and O–H groups in total. The maximum atomic E-state index is 13.8. The third kappa shape index (κ3) is 5.22. The average Bonchev–Trinajstić information content (AvgIpc) is 3.01. The van der Waals surface area contributed by atoms with E-state index in [0.717, 1.165) is 54.7 Å². The smallest absolute Gasteiger partial charge is 0.422 e. The van der Waals surface area contributed by atoms with Crippen LogP contribution in [0.4, 0.5) is 35.0 Å². The van der Waals surface area contributed by atoms with Crippen LogP contribution in [-0.2, 0) is 4.79 Å². The van der Waals surface area contributed by atoms with Gasteiger partial charge in [-0.1, -0.05) is 24.3 Å². The van der Waals surface area contributed by atoms with Crippen molar-refractivity contribution in [2.75, 3.05) is 29.5 Å². The van der Waals surface area contributed by atoms with Gasteiger partial charge >= 0.3 is 12.2 Å². The number of urea groups is 1. The monoisotopic (exact) mass is 605 g/mol. The Morgan fingerprint density at radius 3 is 2.30 bits per heavy atom. The number of para-hydroxylation sites is 2. The van der Waals surface area contributed by atoms with Crippen LogP contribution >= 0.6 is 0 Å².